The van der Waals surface area contributed by atoms with Gasteiger partial charge in [-0.25, -0.2) is 14.2 Å². The number of phosphoric ester groups is 1. The minimum absolute atomic E-state index is 0.172. The fourth-order valence-electron chi connectivity index (χ4n) is 4.69. The average Bonchev–Trinajstić information content (AvgIpc) is 3.42. The number of phosphoric acid groups is 1. The molecule has 19 heteroatoms. The quantitative estimate of drug-likeness (QED) is 0.174. The van der Waals surface area contributed by atoms with Crippen molar-refractivity contribution in [3.8, 4) is 0 Å². The third-order valence-electron chi connectivity index (χ3n) is 6.82. The molecule has 0 aromatic carbocycles. The zero-order valence-corrected chi connectivity index (χ0v) is 23.3. The van der Waals surface area contributed by atoms with Crippen LogP contribution in [-0.4, -0.2) is 98.3 Å². The zero-order valence-electron chi connectivity index (χ0n) is 22.4. The predicted molar refractivity (Wildman–Crippen MR) is 135 cm³/mol. The number of rotatable bonds is 10. The van der Waals surface area contributed by atoms with Crippen molar-refractivity contribution >= 4 is 7.82 Å². The maximum Gasteiger partial charge on any atom is 0.472 e. The zero-order chi connectivity index (χ0) is 30.2. The summed E-state index contributed by atoms with van der Waals surface area (Å²) in [6.45, 7) is 1.50. The molecule has 2 aliphatic rings. The molecular weight excluding hydrogens is 575 g/mol. The molecule has 228 valence electrons. The molecule has 2 fully saturated rings. The number of hydrogen-bond acceptors (Lipinski definition) is 13. The van der Waals surface area contributed by atoms with Crippen LogP contribution in [0.25, 0.3) is 0 Å². The van der Waals surface area contributed by atoms with Gasteiger partial charge in [0, 0.05) is 37.7 Å². The van der Waals surface area contributed by atoms with Crippen LogP contribution in [0.3, 0.4) is 0 Å². The van der Waals surface area contributed by atoms with Crippen molar-refractivity contribution in [1.29, 1.82) is 0 Å². The summed E-state index contributed by atoms with van der Waals surface area (Å²) in [6, 6.07) is 0. The van der Waals surface area contributed by atoms with Crippen LogP contribution in [0.4, 0.5) is 0 Å². The molecule has 2 saturated heterocycles. The van der Waals surface area contributed by atoms with E-state index in [0.717, 1.165) is 9.13 Å². The lowest BCUT2D eigenvalue weighted by Gasteiger charge is -2.25. The molecule has 2 aromatic rings. The van der Waals surface area contributed by atoms with E-state index < -0.39 is 92.6 Å². The van der Waals surface area contributed by atoms with Crippen molar-refractivity contribution in [2.24, 2.45) is 0 Å². The van der Waals surface area contributed by atoms with E-state index in [-0.39, 0.29) is 11.1 Å². The Balaban J connectivity index is 1.49. The summed E-state index contributed by atoms with van der Waals surface area (Å²) in [5.74, 6) is 0. The Kier molecular flexibility index (Phi) is 9.29. The van der Waals surface area contributed by atoms with E-state index in [2.05, 4.69) is 9.97 Å². The van der Waals surface area contributed by atoms with Gasteiger partial charge in [0.1, 0.15) is 36.6 Å². The van der Waals surface area contributed by atoms with Gasteiger partial charge < -0.3 is 34.1 Å². The monoisotopic (exact) mass is 606 g/mol. The molecular formula is C22H31N4O14P. The third-order valence-corrected chi connectivity index (χ3v) is 7.80. The Hall–Kier alpha value is -2.77. The van der Waals surface area contributed by atoms with E-state index in [1.54, 1.807) is 0 Å². The lowest BCUT2D eigenvalue weighted by atomic mass is 10.1. The molecule has 1 unspecified atom stereocenters. The van der Waals surface area contributed by atoms with Crippen LogP contribution in [0.1, 0.15) is 23.6 Å². The van der Waals surface area contributed by atoms with Gasteiger partial charge in [-0.15, -0.1) is 0 Å². The highest BCUT2D eigenvalue weighted by atomic mass is 31.2. The van der Waals surface area contributed by atoms with Crippen LogP contribution >= 0.6 is 7.82 Å². The van der Waals surface area contributed by atoms with Gasteiger partial charge in [0.2, 0.25) is 0 Å². The van der Waals surface area contributed by atoms with Crippen LogP contribution in [-0.2, 0) is 32.6 Å². The second-order valence-corrected chi connectivity index (χ2v) is 10.9. The predicted octanol–water partition coefficient (Wildman–Crippen LogP) is -2.62. The van der Waals surface area contributed by atoms with Crippen molar-refractivity contribution < 1.29 is 47.7 Å². The summed E-state index contributed by atoms with van der Waals surface area (Å²) in [6.07, 6.45) is -7.78. The van der Waals surface area contributed by atoms with E-state index >= 15 is 0 Å². The van der Waals surface area contributed by atoms with Crippen LogP contribution in [0.15, 0.2) is 31.6 Å². The second-order valence-electron chi connectivity index (χ2n) is 9.50. The van der Waals surface area contributed by atoms with Crippen molar-refractivity contribution in [2.75, 3.05) is 27.4 Å². The minimum Gasteiger partial charge on any atom is -0.394 e. The van der Waals surface area contributed by atoms with Gasteiger partial charge in [-0.2, -0.15) is 0 Å². The number of methoxy groups -OCH3 is 2. The summed E-state index contributed by atoms with van der Waals surface area (Å²) in [7, 11) is -2.50. The van der Waals surface area contributed by atoms with Gasteiger partial charge in [-0.1, -0.05) is 0 Å². The first-order valence-corrected chi connectivity index (χ1v) is 13.8. The van der Waals surface area contributed by atoms with Crippen LogP contribution < -0.4 is 22.5 Å². The molecule has 5 N–H and O–H groups in total. The van der Waals surface area contributed by atoms with Crippen LogP contribution in [0, 0.1) is 13.8 Å². The summed E-state index contributed by atoms with van der Waals surface area (Å²) in [5, 5.41) is 20.5. The summed E-state index contributed by atoms with van der Waals surface area (Å²) in [4.78, 5) is 62.9. The van der Waals surface area contributed by atoms with Crippen molar-refractivity contribution in [3.63, 3.8) is 0 Å². The topological polar surface area (TPSA) is 243 Å². The standard InChI is InChI=1S/C22H31N4O14P/c1-9-5-25(21(31)23-17(9)29)19-15(35-3)13(28)12(39-19)8-37-41(33,34)40-14-11(7-27)38-20(16(14)36-4)26-6-10(2)18(30)24-22(26)32/h5-6,11-16,19-20,27-28H,7-8H2,1-4H3,(H,33,34)(H,23,29,31)(H,24,30,32)/t11-,12-,13-,14-,15-,16-,19-,20-/m1/s1. The highest BCUT2D eigenvalue weighted by Crippen LogP contribution is 2.49. The molecule has 18 nitrogen and oxygen atoms in total. The lowest BCUT2D eigenvalue weighted by molar-refractivity contribution is -0.0662. The molecule has 4 heterocycles. The smallest absolute Gasteiger partial charge is 0.394 e. The molecule has 0 bridgehead atoms. The van der Waals surface area contributed by atoms with E-state index in [4.69, 9.17) is 28.0 Å². The Morgan fingerprint density at radius 1 is 0.878 bits per heavy atom. The summed E-state index contributed by atoms with van der Waals surface area (Å²) >= 11 is 0. The fourth-order valence-corrected chi connectivity index (χ4v) is 5.65. The van der Waals surface area contributed by atoms with Gasteiger partial charge in [-0.05, 0) is 13.8 Å². The number of aromatic nitrogens is 4. The van der Waals surface area contributed by atoms with Crippen molar-refractivity contribution in [1.82, 2.24) is 19.1 Å². The number of H-pyrrole nitrogens is 2. The van der Waals surface area contributed by atoms with Crippen LogP contribution in [0.5, 0.6) is 0 Å². The maximum absolute atomic E-state index is 12.9. The number of nitrogens with zero attached hydrogens (tertiary/aromatic N) is 2. The van der Waals surface area contributed by atoms with Gasteiger partial charge in [0.05, 0.1) is 13.2 Å². The maximum atomic E-state index is 12.9. The highest BCUT2D eigenvalue weighted by molar-refractivity contribution is 7.47. The number of aromatic amines is 2. The number of nitrogens with one attached hydrogen (secondary N) is 2. The van der Waals surface area contributed by atoms with E-state index in [1.165, 1.54) is 40.5 Å². The summed E-state index contributed by atoms with van der Waals surface area (Å²) in [5.41, 5.74) is -2.54. The number of aliphatic hydroxyl groups is 2. The van der Waals surface area contributed by atoms with Crippen LogP contribution in [0.2, 0.25) is 0 Å². The first-order chi connectivity index (χ1) is 19.3. The molecule has 2 aliphatic heterocycles. The highest BCUT2D eigenvalue weighted by Gasteiger charge is 2.51. The largest absolute Gasteiger partial charge is 0.472 e. The molecule has 0 aliphatic carbocycles. The Morgan fingerprint density at radius 2 is 1.37 bits per heavy atom. The fraction of sp³-hybridized carbons (Fsp3) is 0.636. The minimum atomic E-state index is -4.98. The van der Waals surface area contributed by atoms with Gasteiger partial charge in [-0.3, -0.25) is 37.7 Å². The number of aryl methyl sites for hydroxylation is 2. The molecule has 0 radical (unpaired) electrons. The molecule has 0 spiro atoms. The summed E-state index contributed by atoms with van der Waals surface area (Å²) < 4.78 is 47.3. The first kappa shape index (κ1) is 31.2. The third kappa shape index (κ3) is 6.21. The molecule has 0 saturated carbocycles. The molecule has 0 amide bonds. The molecule has 9 atom stereocenters. The van der Waals surface area contributed by atoms with Gasteiger partial charge in [0.25, 0.3) is 11.1 Å². The van der Waals surface area contributed by atoms with Gasteiger partial charge in [0.15, 0.2) is 12.5 Å². The van der Waals surface area contributed by atoms with Gasteiger partial charge >= 0.3 is 19.2 Å². The Bertz CT molecular complexity index is 1530. The number of aliphatic hydroxyl groups excluding tert-OH is 2. The van der Waals surface area contributed by atoms with Crippen molar-refractivity contribution in [2.45, 2.75) is 62.9 Å². The second kappa shape index (κ2) is 12.2. The molecule has 2 aromatic heterocycles. The Labute approximate surface area is 230 Å². The molecule has 4 rings (SSSR count). The first-order valence-electron chi connectivity index (χ1n) is 12.3. The van der Waals surface area contributed by atoms with E-state index in [9.17, 15) is 38.8 Å². The molecule has 41 heavy (non-hydrogen) atoms. The van der Waals surface area contributed by atoms with E-state index in [1.807, 2.05) is 0 Å². The number of ether oxygens (including phenoxy) is 4. The van der Waals surface area contributed by atoms with Crippen molar-refractivity contribution in [3.05, 3.63) is 65.2 Å². The SMILES string of the molecule is CO[C@@H]1[C@H](O)[C@@H](COP(=O)(O)O[C@H]2[C@@H](OC)[C@H](n3cc(C)c(=O)[nH]c3=O)O[C@@H]2CO)O[C@H]1n1cc(C)c(=O)[nH]c1=O. The average molecular weight is 606 g/mol. The number of hydrogen-bond donors (Lipinski definition) is 5. The normalized spacial score (nSPS) is 31.4. The Morgan fingerprint density at radius 3 is 1.85 bits per heavy atom. The lowest BCUT2D eigenvalue weighted by Crippen LogP contribution is -2.40. The van der Waals surface area contributed by atoms with E-state index in [0.29, 0.717) is 0 Å².